The second kappa shape index (κ2) is 4.86. The van der Waals surface area contributed by atoms with Crippen LogP contribution in [0.15, 0.2) is 42.5 Å². The molecule has 3 heteroatoms. The number of aryl methyl sites for hydroxylation is 1. The first kappa shape index (κ1) is 12.1. The summed E-state index contributed by atoms with van der Waals surface area (Å²) in [5, 5.41) is 10.5. The van der Waals surface area contributed by atoms with Gasteiger partial charge in [-0.25, -0.2) is 4.39 Å². The molecule has 1 unspecified atom stereocenters. The minimum atomic E-state index is -0.991. The predicted molar refractivity (Wildman–Crippen MR) is 66.7 cm³/mol. The van der Waals surface area contributed by atoms with E-state index < -0.39 is 11.9 Å². The van der Waals surface area contributed by atoms with E-state index >= 15 is 0 Å². The molecular formula is C14H12ClFO. The van der Waals surface area contributed by atoms with E-state index in [0.29, 0.717) is 10.6 Å². The molecule has 2 aromatic carbocycles. The molecule has 2 rings (SSSR count). The van der Waals surface area contributed by atoms with Gasteiger partial charge in [0.25, 0.3) is 0 Å². The zero-order valence-corrected chi connectivity index (χ0v) is 10.1. The Bertz CT molecular complexity index is 522. The molecule has 0 aliphatic heterocycles. The van der Waals surface area contributed by atoms with Gasteiger partial charge < -0.3 is 5.11 Å². The molecule has 0 aromatic heterocycles. The number of rotatable bonds is 2. The van der Waals surface area contributed by atoms with Gasteiger partial charge in [-0.05, 0) is 30.7 Å². The Morgan fingerprint density at radius 1 is 1.12 bits per heavy atom. The SMILES string of the molecule is Cc1ccc(C(O)c2cc(Cl)ccc2F)cc1. The standard InChI is InChI=1S/C14H12ClFO/c1-9-2-4-10(5-3-9)14(17)12-8-11(15)6-7-13(12)16/h2-8,14,17H,1H3. The average molecular weight is 251 g/mol. The minimum absolute atomic E-state index is 0.196. The van der Waals surface area contributed by atoms with Crippen molar-refractivity contribution in [3.63, 3.8) is 0 Å². The molecule has 0 spiro atoms. The predicted octanol–water partition coefficient (Wildman–Crippen LogP) is 3.87. The van der Waals surface area contributed by atoms with Crippen LogP contribution in [0.2, 0.25) is 5.02 Å². The van der Waals surface area contributed by atoms with Crippen LogP contribution >= 0.6 is 11.6 Å². The lowest BCUT2D eigenvalue weighted by molar-refractivity contribution is 0.215. The third-order valence-electron chi connectivity index (χ3n) is 2.65. The quantitative estimate of drug-likeness (QED) is 0.858. The molecule has 0 saturated carbocycles. The second-order valence-corrected chi connectivity index (χ2v) is 4.42. The summed E-state index contributed by atoms with van der Waals surface area (Å²) in [4.78, 5) is 0. The van der Waals surface area contributed by atoms with Crippen molar-refractivity contribution in [2.45, 2.75) is 13.0 Å². The fourth-order valence-electron chi connectivity index (χ4n) is 1.65. The Labute approximate surface area is 104 Å². The zero-order chi connectivity index (χ0) is 12.4. The molecule has 88 valence electrons. The van der Waals surface area contributed by atoms with Crippen LogP contribution in [0.5, 0.6) is 0 Å². The summed E-state index contributed by atoms with van der Waals surface area (Å²) >= 11 is 5.80. The number of hydrogen-bond acceptors (Lipinski definition) is 1. The smallest absolute Gasteiger partial charge is 0.129 e. The summed E-state index contributed by atoms with van der Waals surface area (Å²) in [5.41, 5.74) is 1.94. The fraction of sp³-hybridized carbons (Fsp3) is 0.143. The maximum Gasteiger partial charge on any atom is 0.129 e. The van der Waals surface area contributed by atoms with E-state index in [-0.39, 0.29) is 5.56 Å². The van der Waals surface area contributed by atoms with Crippen molar-refractivity contribution in [3.05, 3.63) is 70.0 Å². The monoisotopic (exact) mass is 250 g/mol. The molecule has 0 saturated heterocycles. The molecule has 2 aromatic rings. The van der Waals surface area contributed by atoms with Crippen molar-refractivity contribution >= 4 is 11.6 Å². The van der Waals surface area contributed by atoms with Gasteiger partial charge >= 0.3 is 0 Å². The normalized spacial score (nSPS) is 12.5. The van der Waals surface area contributed by atoms with Crippen molar-refractivity contribution in [2.24, 2.45) is 0 Å². The van der Waals surface area contributed by atoms with Gasteiger partial charge in [-0.1, -0.05) is 41.4 Å². The number of aliphatic hydroxyl groups excluding tert-OH is 1. The molecule has 0 heterocycles. The Kier molecular flexibility index (Phi) is 3.46. The highest BCUT2D eigenvalue weighted by molar-refractivity contribution is 6.30. The van der Waals surface area contributed by atoms with Crippen molar-refractivity contribution in [1.29, 1.82) is 0 Å². The van der Waals surface area contributed by atoms with Gasteiger partial charge in [0.15, 0.2) is 0 Å². The largest absolute Gasteiger partial charge is 0.384 e. The number of hydrogen-bond donors (Lipinski definition) is 1. The van der Waals surface area contributed by atoms with Gasteiger partial charge in [-0.3, -0.25) is 0 Å². The molecule has 1 atom stereocenters. The van der Waals surface area contributed by atoms with Crippen LogP contribution in [0.4, 0.5) is 4.39 Å². The molecule has 0 amide bonds. The van der Waals surface area contributed by atoms with Crippen LogP contribution in [-0.2, 0) is 0 Å². The van der Waals surface area contributed by atoms with E-state index in [0.717, 1.165) is 5.56 Å². The van der Waals surface area contributed by atoms with E-state index in [4.69, 9.17) is 11.6 Å². The van der Waals surface area contributed by atoms with Crippen molar-refractivity contribution in [3.8, 4) is 0 Å². The van der Waals surface area contributed by atoms with Crippen molar-refractivity contribution in [1.82, 2.24) is 0 Å². The Morgan fingerprint density at radius 2 is 1.76 bits per heavy atom. The Balaban J connectivity index is 2.39. The minimum Gasteiger partial charge on any atom is -0.384 e. The highest BCUT2D eigenvalue weighted by atomic mass is 35.5. The summed E-state index contributed by atoms with van der Waals surface area (Å²) in [6.07, 6.45) is -0.991. The fourth-order valence-corrected chi connectivity index (χ4v) is 1.83. The van der Waals surface area contributed by atoms with Crippen LogP contribution in [0.3, 0.4) is 0 Å². The van der Waals surface area contributed by atoms with E-state index in [1.807, 2.05) is 19.1 Å². The van der Waals surface area contributed by atoms with Crippen molar-refractivity contribution in [2.75, 3.05) is 0 Å². The molecule has 17 heavy (non-hydrogen) atoms. The topological polar surface area (TPSA) is 20.2 Å². The lowest BCUT2D eigenvalue weighted by atomic mass is 10.0. The molecule has 0 bridgehead atoms. The molecule has 1 N–H and O–H groups in total. The summed E-state index contributed by atoms with van der Waals surface area (Å²) in [5.74, 6) is -0.456. The second-order valence-electron chi connectivity index (χ2n) is 3.98. The lowest BCUT2D eigenvalue weighted by Gasteiger charge is -2.13. The average Bonchev–Trinajstić information content (AvgIpc) is 2.32. The Morgan fingerprint density at radius 3 is 2.41 bits per heavy atom. The first-order valence-electron chi connectivity index (χ1n) is 5.27. The Hall–Kier alpha value is -1.38. The van der Waals surface area contributed by atoms with Gasteiger partial charge in [0.05, 0.1) is 0 Å². The van der Waals surface area contributed by atoms with E-state index in [1.54, 1.807) is 12.1 Å². The van der Waals surface area contributed by atoms with Gasteiger partial charge in [-0.2, -0.15) is 0 Å². The van der Waals surface area contributed by atoms with Crippen LogP contribution in [0, 0.1) is 12.7 Å². The summed E-state index contributed by atoms with van der Waals surface area (Å²) in [6.45, 7) is 1.95. The highest BCUT2D eigenvalue weighted by Gasteiger charge is 2.15. The van der Waals surface area contributed by atoms with Gasteiger partial charge in [-0.15, -0.1) is 0 Å². The van der Waals surface area contributed by atoms with Gasteiger partial charge in [0, 0.05) is 10.6 Å². The molecule has 0 fully saturated rings. The molecular weight excluding hydrogens is 239 g/mol. The van der Waals surface area contributed by atoms with Gasteiger partial charge in [0.2, 0.25) is 0 Å². The number of aliphatic hydroxyl groups is 1. The van der Waals surface area contributed by atoms with E-state index in [1.165, 1.54) is 18.2 Å². The van der Waals surface area contributed by atoms with Crippen LogP contribution in [0.1, 0.15) is 22.8 Å². The third-order valence-corrected chi connectivity index (χ3v) is 2.88. The van der Waals surface area contributed by atoms with Crippen molar-refractivity contribution < 1.29 is 9.50 Å². The number of halogens is 2. The molecule has 0 aliphatic rings. The number of benzene rings is 2. The first-order chi connectivity index (χ1) is 8.08. The zero-order valence-electron chi connectivity index (χ0n) is 9.32. The van der Waals surface area contributed by atoms with Crippen LogP contribution in [-0.4, -0.2) is 5.11 Å². The van der Waals surface area contributed by atoms with E-state index in [9.17, 15) is 9.50 Å². The molecule has 0 radical (unpaired) electrons. The van der Waals surface area contributed by atoms with Crippen LogP contribution < -0.4 is 0 Å². The molecule has 0 aliphatic carbocycles. The third kappa shape index (κ3) is 2.65. The van der Waals surface area contributed by atoms with E-state index in [2.05, 4.69) is 0 Å². The van der Waals surface area contributed by atoms with Crippen LogP contribution in [0.25, 0.3) is 0 Å². The highest BCUT2D eigenvalue weighted by Crippen LogP contribution is 2.26. The maximum atomic E-state index is 13.6. The lowest BCUT2D eigenvalue weighted by Crippen LogP contribution is -2.02. The molecule has 1 nitrogen and oxygen atoms in total. The maximum absolute atomic E-state index is 13.6. The first-order valence-corrected chi connectivity index (χ1v) is 5.65. The summed E-state index contributed by atoms with van der Waals surface area (Å²) in [7, 11) is 0. The summed E-state index contributed by atoms with van der Waals surface area (Å²) < 4.78 is 13.6. The summed E-state index contributed by atoms with van der Waals surface area (Å²) in [6, 6.07) is 11.5. The van der Waals surface area contributed by atoms with Gasteiger partial charge in [0.1, 0.15) is 11.9 Å².